The van der Waals surface area contributed by atoms with Crippen molar-refractivity contribution in [2.45, 2.75) is 25.7 Å². The van der Waals surface area contributed by atoms with E-state index in [1.54, 1.807) is 14.2 Å². The molecule has 0 aliphatic rings. The van der Waals surface area contributed by atoms with Gasteiger partial charge in [-0.2, -0.15) is 0 Å². The smallest absolute Gasteiger partial charge is 0.161 e. The average Bonchev–Trinajstić information content (AvgIpc) is 2.56. The van der Waals surface area contributed by atoms with Crippen LogP contribution in [0.15, 0.2) is 42.5 Å². The van der Waals surface area contributed by atoms with Gasteiger partial charge in [0, 0.05) is 12.0 Å². The highest BCUT2D eigenvalue weighted by Gasteiger charge is 2.26. The van der Waals surface area contributed by atoms with Crippen LogP contribution in [-0.4, -0.2) is 20.8 Å². The van der Waals surface area contributed by atoms with Gasteiger partial charge in [-0.05, 0) is 36.6 Å². The Morgan fingerprint density at radius 3 is 2.14 bits per heavy atom. The van der Waals surface area contributed by atoms with E-state index < -0.39 is 0 Å². The first-order valence-electron chi connectivity index (χ1n) is 7.50. The van der Waals surface area contributed by atoms with Gasteiger partial charge in [-0.15, -0.1) is 0 Å². The monoisotopic (exact) mass is 299 g/mol. The van der Waals surface area contributed by atoms with Crippen LogP contribution in [0.25, 0.3) is 0 Å². The van der Waals surface area contributed by atoms with Crippen LogP contribution in [0.4, 0.5) is 0 Å². The molecule has 0 aliphatic carbocycles. The number of rotatable bonds is 6. The zero-order chi connectivity index (χ0) is 16.2. The van der Waals surface area contributed by atoms with Crippen LogP contribution in [0, 0.1) is 6.92 Å². The van der Waals surface area contributed by atoms with E-state index in [1.807, 2.05) is 12.1 Å². The molecule has 0 bridgehead atoms. The predicted molar refractivity (Wildman–Crippen MR) is 90.8 cm³/mol. The van der Waals surface area contributed by atoms with Gasteiger partial charge in [-0.1, -0.05) is 42.8 Å². The quantitative estimate of drug-likeness (QED) is 0.888. The van der Waals surface area contributed by atoms with Gasteiger partial charge in [-0.3, -0.25) is 0 Å². The summed E-state index contributed by atoms with van der Waals surface area (Å²) in [5.74, 6) is 1.48. The van der Waals surface area contributed by atoms with Crippen molar-refractivity contribution in [2.75, 3.05) is 20.8 Å². The first-order chi connectivity index (χ1) is 10.5. The number of benzene rings is 2. The summed E-state index contributed by atoms with van der Waals surface area (Å²) in [6, 6.07) is 14.7. The lowest BCUT2D eigenvalue weighted by atomic mass is 9.77. The van der Waals surface area contributed by atoms with E-state index in [0.717, 1.165) is 23.5 Å². The van der Waals surface area contributed by atoms with E-state index in [1.165, 1.54) is 11.1 Å². The Bertz CT molecular complexity index is 622. The van der Waals surface area contributed by atoms with E-state index in [2.05, 4.69) is 44.2 Å². The van der Waals surface area contributed by atoms with E-state index in [0.29, 0.717) is 6.54 Å². The zero-order valence-electron chi connectivity index (χ0n) is 13.8. The minimum Gasteiger partial charge on any atom is -0.493 e. The van der Waals surface area contributed by atoms with E-state index in [-0.39, 0.29) is 5.41 Å². The third-order valence-corrected chi connectivity index (χ3v) is 4.25. The minimum absolute atomic E-state index is 0.144. The fraction of sp³-hybridized carbons (Fsp3) is 0.368. The summed E-state index contributed by atoms with van der Waals surface area (Å²) in [5.41, 5.74) is 9.68. The van der Waals surface area contributed by atoms with Crippen molar-refractivity contribution in [2.24, 2.45) is 5.73 Å². The van der Waals surface area contributed by atoms with Crippen molar-refractivity contribution < 1.29 is 9.47 Å². The van der Waals surface area contributed by atoms with Crippen LogP contribution in [0.2, 0.25) is 0 Å². The average molecular weight is 299 g/mol. The fourth-order valence-electron chi connectivity index (χ4n) is 2.66. The molecule has 118 valence electrons. The van der Waals surface area contributed by atoms with Crippen LogP contribution >= 0.6 is 0 Å². The van der Waals surface area contributed by atoms with Crippen LogP contribution in [0.5, 0.6) is 11.5 Å². The normalized spacial score (nSPS) is 13.5. The molecule has 0 aromatic heterocycles. The molecule has 1 atom stereocenters. The first-order valence-corrected chi connectivity index (χ1v) is 7.50. The molecule has 3 heteroatoms. The standard InChI is InChI=1S/C19H25NO2/c1-14-5-7-15(8-6-14)12-19(2,13-20)16-9-10-17(21-3)18(11-16)22-4/h5-11H,12-13,20H2,1-4H3. The number of methoxy groups -OCH3 is 2. The number of hydrogen-bond acceptors (Lipinski definition) is 3. The fourth-order valence-corrected chi connectivity index (χ4v) is 2.66. The van der Waals surface area contributed by atoms with Crippen LogP contribution in [0.3, 0.4) is 0 Å². The summed E-state index contributed by atoms with van der Waals surface area (Å²) < 4.78 is 10.7. The van der Waals surface area contributed by atoms with Crippen molar-refractivity contribution >= 4 is 0 Å². The number of hydrogen-bond donors (Lipinski definition) is 1. The second kappa shape index (κ2) is 6.84. The van der Waals surface area contributed by atoms with E-state index in [9.17, 15) is 0 Å². The molecule has 0 saturated heterocycles. The molecule has 0 spiro atoms. The van der Waals surface area contributed by atoms with Gasteiger partial charge < -0.3 is 15.2 Å². The zero-order valence-corrected chi connectivity index (χ0v) is 13.8. The largest absolute Gasteiger partial charge is 0.493 e. The highest BCUT2D eigenvalue weighted by atomic mass is 16.5. The Labute approximate surface area is 133 Å². The summed E-state index contributed by atoms with van der Waals surface area (Å²) in [4.78, 5) is 0. The Hall–Kier alpha value is -2.00. The highest BCUT2D eigenvalue weighted by molar-refractivity contribution is 5.45. The molecule has 2 N–H and O–H groups in total. The highest BCUT2D eigenvalue weighted by Crippen LogP contribution is 2.34. The molecular weight excluding hydrogens is 274 g/mol. The van der Waals surface area contributed by atoms with Gasteiger partial charge >= 0.3 is 0 Å². The van der Waals surface area contributed by atoms with Crippen LogP contribution in [0.1, 0.15) is 23.6 Å². The van der Waals surface area contributed by atoms with Crippen LogP contribution < -0.4 is 15.2 Å². The molecule has 3 nitrogen and oxygen atoms in total. The maximum Gasteiger partial charge on any atom is 0.161 e. The molecule has 0 aliphatic heterocycles. The molecule has 0 radical (unpaired) electrons. The number of nitrogens with two attached hydrogens (primary N) is 1. The van der Waals surface area contributed by atoms with Gasteiger partial charge in [-0.25, -0.2) is 0 Å². The second-order valence-electron chi connectivity index (χ2n) is 6.00. The molecule has 2 aromatic rings. The SMILES string of the molecule is COc1ccc(C(C)(CN)Cc2ccc(C)cc2)cc1OC. The first kappa shape index (κ1) is 16.4. The Kier molecular flexibility index (Phi) is 5.09. The van der Waals surface area contributed by atoms with E-state index >= 15 is 0 Å². The van der Waals surface area contributed by atoms with Crippen molar-refractivity contribution in [1.82, 2.24) is 0 Å². The molecule has 0 heterocycles. The van der Waals surface area contributed by atoms with Gasteiger partial charge in [0.2, 0.25) is 0 Å². The van der Waals surface area contributed by atoms with Gasteiger partial charge in [0.15, 0.2) is 11.5 Å². The summed E-state index contributed by atoms with van der Waals surface area (Å²) in [6.45, 7) is 4.85. The molecule has 0 saturated carbocycles. The lowest BCUT2D eigenvalue weighted by Gasteiger charge is -2.29. The van der Waals surface area contributed by atoms with Gasteiger partial charge in [0.25, 0.3) is 0 Å². The molecule has 2 aromatic carbocycles. The molecule has 0 fully saturated rings. The maximum absolute atomic E-state index is 6.11. The second-order valence-corrected chi connectivity index (χ2v) is 6.00. The maximum atomic E-state index is 6.11. The molecule has 2 rings (SSSR count). The summed E-state index contributed by atoms with van der Waals surface area (Å²) in [5, 5.41) is 0. The minimum atomic E-state index is -0.144. The van der Waals surface area contributed by atoms with Gasteiger partial charge in [0.1, 0.15) is 0 Å². The Morgan fingerprint density at radius 1 is 0.955 bits per heavy atom. The van der Waals surface area contributed by atoms with Crippen molar-refractivity contribution in [1.29, 1.82) is 0 Å². The molecule has 0 amide bonds. The predicted octanol–water partition coefficient (Wildman–Crippen LogP) is 3.47. The Morgan fingerprint density at radius 2 is 1.59 bits per heavy atom. The Balaban J connectivity index is 2.34. The lowest BCUT2D eigenvalue weighted by molar-refractivity contribution is 0.352. The molecular formula is C19H25NO2. The number of aryl methyl sites for hydroxylation is 1. The number of ether oxygens (including phenoxy) is 2. The van der Waals surface area contributed by atoms with Crippen molar-refractivity contribution in [3.63, 3.8) is 0 Å². The van der Waals surface area contributed by atoms with Crippen molar-refractivity contribution in [3.05, 3.63) is 59.2 Å². The summed E-state index contributed by atoms with van der Waals surface area (Å²) >= 11 is 0. The summed E-state index contributed by atoms with van der Waals surface area (Å²) in [6.07, 6.45) is 0.888. The van der Waals surface area contributed by atoms with E-state index in [4.69, 9.17) is 15.2 Å². The summed E-state index contributed by atoms with van der Waals surface area (Å²) in [7, 11) is 3.30. The topological polar surface area (TPSA) is 44.5 Å². The molecule has 1 unspecified atom stereocenters. The van der Waals surface area contributed by atoms with Crippen LogP contribution in [-0.2, 0) is 11.8 Å². The lowest BCUT2D eigenvalue weighted by Crippen LogP contribution is -2.34. The van der Waals surface area contributed by atoms with Crippen molar-refractivity contribution in [3.8, 4) is 11.5 Å². The third kappa shape index (κ3) is 3.42. The third-order valence-electron chi connectivity index (χ3n) is 4.25. The van der Waals surface area contributed by atoms with Gasteiger partial charge in [0.05, 0.1) is 14.2 Å². The molecule has 22 heavy (non-hydrogen) atoms.